The number of carbonyl (C=O) groups excluding carboxylic acids is 1. The first kappa shape index (κ1) is 12.9. The summed E-state index contributed by atoms with van der Waals surface area (Å²) in [7, 11) is 0. The van der Waals surface area contributed by atoms with E-state index < -0.39 is 0 Å². The number of nitrogens with zero attached hydrogens (tertiary/aromatic N) is 1. The van der Waals surface area contributed by atoms with Gasteiger partial charge >= 0.3 is 0 Å². The van der Waals surface area contributed by atoms with Crippen LogP contribution in [0.15, 0.2) is 49.2 Å². The van der Waals surface area contributed by atoms with Gasteiger partial charge < -0.3 is 5.32 Å². The average molecular weight is 266 g/mol. The van der Waals surface area contributed by atoms with Gasteiger partial charge in [-0.1, -0.05) is 30.7 Å². The lowest BCUT2D eigenvalue weighted by Gasteiger charge is -2.31. The Kier molecular flexibility index (Phi) is 3.50. The van der Waals surface area contributed by atoms with Crippen molar-refractivity contribution in [3.05, 3.63) is 49.2 Å². The number of anilines is 1. The van der Waals surface area contributed by atoms with Gasteiger partial charge in [0.2, 0.25) is 5.91 Å². The quantitative estimate of drug-likeness (QED) is 0.856. The zero-order chi connectivity index (χ0) is 13.9. The Hall–Kier alpha value is -2.16. The van der Waals surface area contributed by atoms with Gasteiger partial charge in [0.05, 0.1) is 17.1 Å². The highest BCUT2D eigenvalue weighted by Crippen LogP contribution is 2.35. The number of fused-ring (bicyclic) bond motifs is 1. The molecule has 0 bridgehead atoms. The molecule has 1 aliphatic carbocycles. The Morgan fingerprint density at radius 1 is 1.35 bits per heavy atom. The molecule has 0 aliphatic heterocycles. The second-order valence-electron chi connectivity index (χ2n) is 5.32. The van der Waals surface area contributed by atoms with E-state index in [9.17, 15) is 4.79 Å². The van der Waals surface area contributed by atoms with Crippen LogP contribution in [0.5, 0.6) is 0 Å². The molecule has 1 aromatic heterocycles. The fourth-order valence-electron chi connectivity index (χ4n) is 2.73. The molecule has 2 aromatic rings. The average Bonchev–Trinajstić information content (AvgIpc) is 2.43. The molecule has 1 N–H and O–H groups in total. The lowest BCUT2D eigenvalue weighted by Crippen LogP contribution is -2.31. The first-order chi connectivity index (χ1) is 9.79. The van der Waals surface area contributed by atoms with E-state index in [2.05, 4.69) is 16.9 Å². The Morgan fingerprint density at radius 3 is 2.85 bits per heavy atom. The van der Waals surface area contributed by atoms with Crippen molar-refractivity contribution in [3.8, 4) is 0 Å². The molecule has 1 fully saturated rings. The Balaban J connectivity index is 1.85. The summed E-state index contributed by atoms with van der Waals surface area (Å²) in [5, 5.41) is 4.04. The van der Waals surface area contributed by atoms with Crippen LogP contribution in [0.25, 0.3) is 10.9 Å². The third-order valence-corrected chi connectivity index (χ3v) is 4.10. The summed E-state index contributed by atoms with van der Waals surface area (Å²) in [6.07, 6.45) is 6.99. The van der Waals surface area contributed by atoms with Gasteiger partial charge in [0, 0.05) is 11.6 Å². The number of para-hydroxylation sites is 1. The summed E-state index contributed by atoms with van der Waals surface area (Å²) in [6.45, 7) is 3.81. The predicted molar refractivity (Wildman–Crippen MR) is 81.4 cm³/mol. The van der Waals surface area contributed by atoms with Crippen molar-refractivity contribution >= 4 is 22.5 Å². The summed E-state index contributed by atoms with van der Waals surface area (Å²) >= 11 is 0. The number of carbonyl (C=O) groups is 1. The van der Waals surface area contributed by atoms with Crippen LogP contribution in [-0.2, 0) is 4.79 Å². The van der Waals surface area contributed by atoms with Crippen molar-refractivity contribution in [2.75, 3.05) is 5.32 Å². The molecule has 1 aromatic carbocycles. The molecule has 0 saturated heterocycles. The molecule has 102 valence electrons. The molecule has 1 heterocycles. The van der Waals surface area contributed by atoms with Crippen LogP contribution in [-0.4, -0.2) is 10.9 Å². The van der Waals surface area contributed by atoms with E-state index in [-0.39, 0.29) is 11.8 Å². The topological polar surface area (TPSA) is 42.0 Å². The van der Waals surface area contributed by atoms with Gasteiger partial charge in [0.15, 0.2) is 0 Å². The van der Waals surface area contributed by atoms with Crippen LogP contribution >= 0.6 is 0 Å². The fourth-order valence-corrected chi connectivity index (χ4v) is 2.73. The number of rotatable bonds is 4. The molecule has 3 rings (SSSR count). The minimum absolute atomic E-state index is 0.0304. The van der Waals surface area contributed by atoms with E-state index in [1.54, 1.807) is 12.3 Å². The molecule has 1 atom stereocenters. The minimum atomic E-state index is -0.0947. The van der Waals surface area contributed by atoms with Crippen LogP contribution in [0.1, 0.15) is 19.3 Å². The van der Waals surface area contributed by atoms with E-state index in [0.29, 0.717) is 5.92 Å². The van der Waals surface area contributed by atoms with Crippen LogP contribution in [0.3, 0.4) is 0 Å². The zero-order valence-corrected chi connectivity index (χ0v) is 11.4. The SMILES string of the molecule is C=CC(C(=O)Nc1cccc2cccnc12)C1CCC1. The zero-order valence-electron chi connectivity index (χ0n) is 11.4. The van der Waals surface area contributed by atoms with Crippen molar-refractivity contribution in [1.29, 1.82) is 0 Å². The van der Waals surface area contributed by atoms with E-state index >= 15 is 0 Å². The molecule has 3 heteroatoms. The lowest BCUT2D eigenvalue weighted by molar-refractivity contribution is -0.120. The van der Waals surface area contributed by atoms with Gasteiger partial charge in [-0.15, -0.1) is 6.58 Å². The molecule has 1 unspecified atom stereocenters. The number of amides is 1. The normalized spacial score (nSPS) is 16.4. The summed E-state index contributed by atoms with van der Waals surface area (Å²) < 4.78 is 0. The lowest BCUT2D eigenvalue weighted by atomic mass is 9.75. The van der Waals surface area contributed by atoms with E-state index in [1.807, 2.05) is 30.3 Å². The van der Waals surface area contributed by atoms with Crippen LogP contribution in [0, 0.1) is 11.8 Å². The molecule has 20 heavy (non-hydrogen) atoms. The van der Waals surface area contributed by atoms with Crippen molar-refractivity contribution in [3.63, 3.8) is 0 Å². The van der Waals surface area contributed by atoms with Gasteiger partial charge in [-0.05, 0) is 30.9 Å². The Morgan fingerprint density at radius 2 is 2.15 bits per heavy atom. The molecule has 0 radical (unpaired) electrons. The van der Waals surface area contributed by atoms with E-state index in [1.165, 1.54) is 6.42 Å². The summed E-state index contributed by atoms with van der Waals surface area (Å²) in [4.78, 5) is 16.8. The summed E-state index contributed by atoms with van der Waals surface area (Å²) in [6, 6.07) is 9.72. The highest BCUT2D eigenvalue weighted by Gasteiger charge is 2.30. The summed E-state index contributed by atoms with van der Waals surface area (Å²) in [5.41, 5.74) is 1.61. The number of nitrogens with one attached hydrogen (secondary N) is 1. The molecule has 1 amide bonds. The first-order valence-electron chi connectivity index (χ1n) is 7.07. The van der Waals surface area contributed by atoms with Gasteiger partial charge in [-0.25, -0.2) is 0 Å². The minimum Gasteiger partial charge on any atom is -0.324 e. The second kappa shape index (κ2) is 5.45. The third kappa shape index (κ3) is 2.31. The van der Waals surface area contributed by atoms with E-state index in [0.717, 1.165) is 29.4 Å². The largest absolute Gasteiger partial charge is 0.324 e. The summed E-state index contributed by atoms with van der Waals surface area (Å²) in [5.74, 6) is 0.390. The molecular formula is C17H18N2O. The maximum absolute atomic E-state index is 12.4. The number of hydrogen-bond acceptors (Lipinski definition) is 2. The highest BCUT2D eigenvalue weighted by molar-refractivity contribution is 6.01. The van der Waals surface area contributed by atoms with Gasteiger partial charge in [-0.2, -0.15) is 0 Å². The van der Waals surface area contributed by atoms with Gasteiger partial charge in [0.25, 0.3) is 0 Å². The first-order valence-corrected chi connectivity index (χ1v) is 7.07. The van der Waals surface area contributed by atoms with Crippen LogP contribution in [0.4, 0.5) is 5.69 Å². The maximum Gasteiger partial charge on any atom is 0.231 e. The van der Waals surface area contributed by atoms with Crippen LogP contribution in [0.2, 0.25) is 0 Å². The molecule has 1 aliphatic rings. The van der Waals surface area contributed by atoms with Crippen LogP contribution < -0.4 is 5.32 Å². The Bertz CT molecular complexity index is 641. The maximum atomic E-state index is 12.4. The number of aromatic nitrogens is 1. The smallest absolute Gasteiger partial charge is 0.231 e. The van der Waals surface area contributed by atoms with Crippen molar-refractivity contribution in [2.24, 2.45) is 11.8 Å². The monoisotopic (exact) mass is 266 g/mol. The molecule has 1 saturated carbocycles. The fraction of sp³-hybridized carbons (Fsp3) is 0.294. The Labute approximate surface area is 118 Å². The molecule has 3 nitrogen and oxygen atoms in total. The van der Waals surface area contributed by atoms with E-state index in [4.69, 9.17) is 0 Å². The molecule has 0 spiro atoms. The highest BCUT2D eigenvalue weighted by atomic mass is 16.1. The van der Waals surface area contributed by atoms with Crippen molar-refractivity contribution in [1.82, 2.24) is 4.98 Å². The molecular weight excluding hydrogens is 248 g/mol. The third-order valence-electron chi connectivity index (χ3n) is 4.10. The predicted octanol–water partition coefficient (Wildman–Crippen LogP) is 3.78. The number of benzene rings is 1. The number of pyridine rings is 1. The van der Waals surface area contributed by atoms with Crippen molar-refractivity contribution in [2.45, 2.75) is 19.3 Å². The van der Waals surface area contributed by atoms with Gasteiger partial charge in [0.1, 0.15) is 0 Å². The van der Waals surface area contributed by atoms with Gasteiger partial charge in [-0.3, -0.25) is 9.78 Å². The standard InChI is InChI=1S/C17H18N2O/c1-2-14(12-6-3-7-12)17(20)19-15-10-4-8-13-9-5-11-18-16(13)15/h2,4-5,8-12,14H,1,3,6-7H2,(H,19,20). The second-order valence-corrected chi connectivity index (χ2v) is 5.32. The van der Waals surface area contributed by atoms with Crippen molar-refractivity contribution < 1.29 is 4.79 Å². The number of hydrogen-bond donors (Lipinski definition) is 1.